The first-order valence-electron chi connectivity index (χ1n) is 9.45. The first-order chi connectivity index (χ1) is 11.8. The number of carbonyl (C=O) groups excluding carboxylic acids is 1. The Labute approximate surface area is 147 Å². The molecule has 3 nitrogen and oxygen atoms in total. The average Bonchev–Trinajstić information content (AvgIpc) is 3.34. The fourth-order valence-corrected chi connectivity index (χ4v) is 2.59. The van der Waals surface area contributed by atoms with Crippen LogP contribution < -0.4 is 0 Å². The molecular formula is C21H34O3. The molecule has 0 radical (unpaired) electrons. The van der Waals surface area contributed by atoms with Crippen LogP contribution in [-0.4, -0.2) is 25.3 Å². The molecule has 0 aliphatic carbocycles. The summed E-state index contributed by atoms with van der Waals surface area (Å²) in [6.45, 7) is 2.24. The van der Waals surface area contributed by atoms with Crippen LogP contribution in [0.15, 0.2) is 36.5 Å². The van der Waals surface area contributed by atoms with Gasteiger partial charge in [0.15, 0.2) is 0 Å². The zero-order valence-electron chi connectivity index (χ0n) is 15.4. The van der Waals surface area contributed by atoms with Crippen LogP contribution in [0.4, 0.5) is 0 Å². The SMILES string of the molecule is CCCCCC1OC1C/C=C\C/C=C\C/C=C\CCCC(=O)OC. The van der Waals surface area contributed by atoms with Gasteiger partial charge in [-0.1, -0.05) is 62.6 Å². The van der Waals surface area contributed by atoms with Crippen molar-refractivity contribution in [3.05, 3.63) is 36.5 Å². The van der Waals surface area contributed by atoms with E-state index >= 15 is 0 Å². The van der Waals surface area contributed by atoms with Gasteiger partial charge in [-0.25, -0.2) is 0 Å². The minimum atomic E-state index is -0.126. The normalized spacial score (nSPS) is 20.4. The minimum absolute atomic E-state index is 0.126. The second-order valence-corrected chi connectivity index (χ2v) is 6.30. The molecule has 1 saturated heterocycles. The molecule has 24 heavy (non-hydrogen) atoms. The molecule has 2 atom stereocenters. The Balaban J connectivity index is 1.90. The molecule has 3 heteroatoms. The molecule has 1 rings (SSSR count). The number of hydrogen-bond donors (Lipinski definition) is 0. The third-order valence-corrected chi connectivity index (χ3v) is 4.17. The van der Waals surface area contributed by atoms with E-state index in [0.717, 1.165) is 32.1 Å². The van der Waals surface area contributed by atoms with E-state index in [9.17, 15) is 4.79 Å². The van der Waals surface area contributed by atoms with E-state index in [1.807, 2.05) is 0 Å². The summed E-state index contributed by atoms with van der Waals surface area (Å²) in [4.78, 5) is 10.9. The highest BCUT2D eigenvalue weighted by atomic mass is 16.6. The molecule has 1 aliphatic rings. The molecule has 0 amide bonds. The van der Waals surface area contributed by atoms with Gasteiger partial charge < -0.3 is 9.47 Å². The van der Waals surface area contributed by atoms with Crippen LogP contribution in [0.1, 0.15) is 71.1 Å². The molecule has 0 aromatic carbocycles. The summed E-state index contributed by atoms with van der Waals surface area (Å²) in [6, 6.07) is 0. The van der Waals surface area contributed by atoms with Crippen LogP contribution in [0.3, 0.4) is 0 Å². The van der Waals surface area contributed by atoms with Crippen LogP contribution in [0, 0.1) is 0 Å². The van der Waals surface area contributed by atoms with Crippen LogP contribution in [0.25, 0.3) is 0 Å². The van der Waals surface area contributed by atoms with E-state index in [1.54, 1.807) is 0 Å². The van der Waals surface area contributed by atoms with Crippen LogP contribution in [-0.2, 0) is 14.3 Å². The number of hydrogen-bond acceptors (Lipinski definition) is 3. The summed E-state index contributed by atoms with van der Waals surface area (Å²) in [7, 11) is 1.43. The van der Waals surface area contributed by atoms with Crippen LogP contribution in [0.5, 0.6) is 0 Å². The Kier molecular flexibility index (Phi) is 12.1. The number of ether oxygens (including phenoxy) is 2. The van der Waals surface area contributed by atoms with Crippen molar-refractivity contribution in [2.45, 2.75) is 83.3 Å². The molecule has 0 aromatic heterocycles. The van der Waals surface area contributed by atoms with E-state index in [0.29, 0.717) is 18.6 Å². The maximum atomic E-state index is 10.9. The van der Waals surface area contributed by atoms with E-state index in [-0.39, 0.29) is 5.97 Å². The molecule has 0 aromatic rings. The summed E-state index contributed by atoms with van der Waals surface area (Å²) in [5.41, 5.74) is 0. The highest BCUT2D eigenvalue weighted by Gasteiger charge is 2.36. The van der Waals surface area contributed by atoms with Gasteiger partial charge in [0.05, 0.1) is 19.3 Å². The number of carbonyl (C=O) groups is 1. The first-order valence-corrected chi connectivity index (χ1v) is 9.45. The highest BCUT2D eigenvalue weighted by Crippen LogP contribution is 2.30. The van der Waals surface area contributed by atoms with E-state index in [1.165, 1.54) is 32.8 Å². The van der Waals surface area contributed by atoms with Gasteiger partial charge in [-0.3, -0.25) is 4.79 Å². The van der Waals surface area contributed by atoms with Crippen molar-refractivity contribution >= 4 is 5.97 Å². The lowest BCUT2D eigenvalue weighted by molar-refractivity contribution is -0.140. The maximum absolute atomic E-state index is 10.9. The Bertz CT molecular complexity index is 409. The first kappa shape index (κ1) is 20.7. The summed E-state index contributed by atoms with van der Waals surface area (Å²) >= 11 is 0. The molecule has 0 spiro atoms. The Morgan fingerprint density at radius 1 is 0.958 bits per heavy atom. The molecule has 0 N–H and O–H groups in total. The van der Waals surface area contributed by atoms with Gasteiger partial charge in [-0.15, -0.1) is 0 Å². The zero-order valence-corrected chi connectivity index (χ0v) is 15.4. The van der Waals surface area contributed by atoms with Crippen molar-refractivity contribution in [3.8, 4) is 0 Å². The lowest BCUT2D eigenvalue weighted by atomic mass is 10.1. The van der Waals surface area contributed by atoms with Crippen molar-refractivity contribution in [1.29, 1.82) is 0 Å². The van der Waals surface area contributed by atoms with Crippen molar-refractivity contribution in [3.63, 3.8) is 0 Å². The predicted octanol–water partition coefficient (Wildman–Crippen LogP) is 5.52. The molecule has 0 bridgehead atoms. The van der Waals surface area contributed by atoms with Crippen molar-refractivity contribution < 1.29 is 14.3 Å². The van der Waals surface area contributed by atoms with Crippen molar-refractivity contribution in [2.75, 3.05) is 7.11 Å². The van der Waals surface area contributed by atoms with Crippen molar-refractivity contribution in [1.82, 2.24) is 0 Å². The molecule has 0 saturated carbocycles. The van der Waals surface area contributed by atoms with E-state index in [2.05, 4.69) is 48.1 Å². The summed E-state index contributed by atoms with van der Waals surface area (Å²) in [6.07, 6.45) is 24.6. The van der Waals surface area contributed by atoms with Crippen LogP contribution >= 0.6 is 0 Å². The Morgan fingerprint density at radius 3 is 2.38 bits per heavy atom. The molecule has 1 fully saturated rings. The largest absolute Gasteiger partial charge is 0.469 e. The van der Waals surface area contributed by atoms with Gasteiger partial charge in [0, 0.05) is 6.42 Å². The summed E-state index contributed by atoms with van der Waals surface area (Å²) in [5, 5.41) is 0. The Morgan fingerprint density at radius 2 is 1.67 bits per heavy atom. The molecule has 2 unspecified atom stereocenters. The molecule has 1 aliphatic heterocycles. The monoisotopic (exact) mass is 334 g/mol. The lowest BCUT2D eigenvalue weighted by Gasteiger charge is -1.95. The highest BCUT2D eigenvalue weighted by molar-refractivity contribution is 5.69. The quantitative estimate of drug-likeness (QED) is 0.182. The van der Waals surface area contributed by atoms with Gasteiger partial charge in [0.2, 0.25) is 0 Å². The second-order valence-electron chi connectivity index (χ2n) is 6.30. The van der Waals surface area contributed by atoms with E-state index in [4.69, 9.17) is 4.74 Å². The minimum Gasteiger partial charge on any atom is -0.469 e. The lowest BCUT2D eigenvalue weighted by Crippen LogP contribution is -1.98. The number of epoxide rings is 1. The number of methoxy groups -OCH3 is 1. The summed E-state index contributed by atoms with van der Waals surface area (Å²) < 4.78 is 10.3. The van der Waals surface area contributed by atoms with E-state index < -0.39 is 0 Å². The number of allylic oxidation sites excluding steroid dienone is 5. The topological polar surface area (TPSA) is 38.8 Å². The fourth-order valence-electron chi connectivity index (χ4n) is 2.59. The van der Waals surface area contributed by atoms with Gasteiger partial charge in [-0.2, -0.15) is 0 Å². The molecule has 136 valence electrons. The smallest absolute Gasteiger partial charge is 0.305 e. The number of rotatable bonds is 14. The third kappa shape index (κ3) is 11.2. The molecule has 1 heterocycles. The van der Waals surface area contributed by atoms with Crippen molar-refractivity contribution in [2.24, 2.45) is 0 Å². The number of unbranched alkanes of at least 4 members (excludes halogenated alkanes) is 3. The number of esters is 1. The van der Waals surface area contributed by atoms with Gasteiger partial charge in [0.1, 0.15) is 0 Å². The van der Waals surface area contributed by atoms with Crippen LogP contribution in [0.2, 0.25) is 0 Å². The van der Waals surface area contributed by atoms with Gasteiger partial charge >= 0.3 is 5.97 Å². The maximum Gasteiger partial charge on any atom is 0.305 e. The van der Waals surface area contributed by atoms with Gasteiger partial charge in [-0.05, 0) is 38.5 Å². The Hall–Kier alpha value is -1.35. The zero-order chi connectivity index (χ0) is 17.5. The third-order valence-electron chi connectivity index (χ3n) is 4.17. The summed E-state index contributed by atoms with van der Waals surface area (Å²) in [5.74, 6) is -0.126. The average molecular weight is 335 g/mol. The predicted molar refractivity (Wildman–Crippen MR) is 99.9 cm³/mol. The standard InChI is InChI=1S/C21H34O3/c1-3-4-13-16-19-20(24-19)17-14-11-9-7-5-6-8-10-12-15-18-21(22)23-2/h5,7-8,10-11,14,19-20H,3-4,6,9,12-13,15-18H2,1-2H3/b7-5-,10-8-,14-11-. The fraction of sp³-hybridized carbons (Fsp3) is 0.667. The molecular weight excluding hydrogens is 300 g/mol. The second kappa shape index (κ2) is 14.0. The van der Waals surface area contributed by atoms with Gasteiger partial charge in [0.25, 0.3) is 0 Å².